The molecule has 2 aromatic rings. The minimum absolute atomic E-state index is 0.444. The zero-order chi connectivity index (χ0) is 12.3. The van der Waals surface area contributed by atoms with Crippen molar-refractivity contribution in [3.8, 4) is 5.75 Å². The number of anilines is 1. The molecule has 0 spiro atoms. The molecule has 0 aliphatic carbocycles. The minimum atomic E-state index is 0.444. The maximum atomic E-state index is 6.06. The summed E-state index contributed by atoms with van der Waals surface area (Å²) < 4.78 is 6.82. The maximum Gasteiger partial charge on any atom is 0.119 e. The number of halogens is 2. The molecule has 17 heavy (non-hydrogen) atoms. The van der Waals surface area contributed by atoms with E-state index in [4.69, 9.17) is 22.1 Å². The van der Waals surface area contributed by atoms with E-state index in [-0.39, 0.29) is 0 Å². The van der Waals surface area contributed by atoms with E-state index in [1.165, 1.54) is 3.57 Å². The van der Waals surface area contributed by atoms with Crippen LogP contribution in [0.5, 0.6) is 5.75 Å². The van der Waals surface area contributed by atoms with Crippen LogP contribution >= 0.6 is 34.2 Å². The fourth-order valence-corrected chi connectivity index (χ4v) is 1.98. The molecule has 2 rings (SSSR count). The van der Waals surface area contributed by atoms with Gasteiger partial charge in [0.1, 0.15) is 12.4 Å². The summed E-state index contributed by atoms with van der Waals surface area (Å²) in [4.78, 5) is 0. The quantitative estimate of drug-likeness (QED) is 0.661. The predicted octanol–water partition coefficient (Wildman–Crippen LogP) is 4.11. The second-order valence-corrected chi connectivity index (χ2v) is 5.25. The molecule has 0 unspecified atom stereocenters. The molecule has 0 saturated heterocycles. The topological polar surface area (TPSA) is 35.2 Å². The summed E-state index contributed by atoms with van der Waals surface area (Å²) in [6.45, 7) is 0.444. The van der Waals surface area contributed by atoms with Crippen molar-refractivity contribution in [3.05, 3.63) is 56.6 Å². The van der Waals surface area contributed by atoms with E-state index in [1.54, 1.807) is 6.07 Å². The smallest absolute Gasteiger partial charge is 0.119 e. The Hall–Kier alpha value is -0.940. The Balaban J connectivity index is 2.04. The van der Waals surface area contributed by atoms with E-state index < -0.39 is 0 Å². The van der Waals surface area contributed by atoms with Gasteiger partial charge in [-0.25, -0.2) is 0 Å². The Morgan fingerprint density at radius 2 is 1.82 bits per heavy atom. The summed E-state index contributed by atoms with van der Waals surface area (Å²) in [5, 5.41) is 0.635. The van der Waals surface area contributed by atoms with Gasteiger partial charge in [-0.3, -0.25) is 0 Å². The van der Waals surface area contributed by atoms with Crippen molar-refractivity contribution >= 4 is 39.9 Å². The van der Waals surface area contributed by atoms with Crippen molar-refractivity contribution in [2.24, 2.45) is 0 Å². The second-order valence-electron chi connectivity index (χ2n) is 3.59. The van der Waals surface area contributed by atoms with E-state index in [9.17, 15) is 0 Å². The van der Waals surface area contributed by atoms with Crippen molar-refractivity contribution in [3.63, 3.8) is 0 Å². The van der Waals surface area contributed by atoms with Crippen molar-refractivity contribution in [1.82, 2.24) is 0 Å². The summed E-state index contributed by atoms with van der Waals surface area (Å²) in [6.07, 6.45) is 0. The lowest BCUT2D eigenvalue weighted by Gasteiger charge is -2.08. The Morgan fingerprint density at radius 3 is 2.47 bits per heavy atom. The van der Waals surface area contributed by atoms with Gasteiger partial charge in [-0.1, -0.05) is 17.7 Å². The lowest BCUT2D eigenvalue weighted by atomic mass is 10.2. The molecule has 2 N–H and O–H groups in total. The molecule has 0 aromatic heterocycles. The zero-order valence-corrected chi connectivity index (χ0v) is 11.9. The molecule has 0 atom stereocenters. The molecule has 4 heteroatoms. The van der Waals surface area contributed by atoms with Crippen LogP contribution in [0.15, 0.2) is 42.5 Å². The average molecular weight is 360 g/mol. The molecule has 0 bridgehead atoms. The molecule has 0 amide bonds. The Labute approximate surface area is 119 Å². The first-order valence-electron chi connectivity index (χ1n) is 5.07. The number of rotatable bonds is 3. The molecule has 0 saturated carbocycles. The van der Waals surface area contributed by atoms with E-state index in [0.29, 0.717) is 17.3 Å². The molecule has 0 fully saturated rings. The van der Waals surface area contributed by atoms with E-state index >= 15 is 0 Å². The first-order valence-corrected chi connectivity index (χ1v) is 6.53. The second kappa shape index (κ2) is 5.60. The van der Waals surface area contributed by atoms with Crippen LogP contribution in [0.3, 0.4) is 0 Å². The van der Waals surface area contributed by atoms with E-state index in [2.05, 4.69) is 22.6 Å². The fourth-order valence-electron chi connectivity index (χ4n) is 1.37. The minimum Gasteiger partial charge on any atom is -0.489 e. The van der Waals surface area contributed by atoms with E-state index in [0.717, 1.165) is 11.3 Å². The van der Waals surface area contributed by atoms with Crippen LogP contribution in [0.4, 0.5) is 5.69 Å². The van der Waals surface area contributed by atoms with Gasteiger partial charge in [0, 0.05) is 19.8 Å². The standard InChI is InChI=1S/C13H11ClINO/c14-13-7-11(16)4-1-9(13)8-17-12-5-2-10(15)3-6-12/h1-7H,8,16H2. The molecule has 2 nitrogen and oxygen atoms in total. The average Bonchev–Trinajstić information content (AvgIpc) is 2.30. The van der Waals surface area contributed by atoms with Crippen LogP contribution < -0.4 is 10.5 Å². The first kappa shape index (κ1) is 12.5. The molecular formula is C13H11ClINO. The van der Waals surface area contributed by atoms with Crippen LogP contribution in [0.25, 0.3) is 0 Å². The highest BCUT2D eigenvalue weighted by atomic mass is 127. The summed E-state index contributed by atoms with van der Waals surface area (Å²) >= 11 is 8.31. The molecule has 0 radical (unpaired) electrons. The van der Waals surface area contributed by atoms with Gasteiger partial charge in [0.05, 0.1) is 0 Å². The van der Waals surface area contributed by atoms with Gasteiger partial charge in [0.15, 0.2) is 0 Å². The molecule has 0 aliphatic rings. The number of hydrogen-bond acceptors (Lipinski definition) is 2. The summed E-state index contributed by atoms with van der Waals surface area (Å²) in [5.74, 6) is 0.832. The monoisotopic (exact) mass is 359 g/mol. The van der Waals surface area contributed by atoms with Crippen LogP contribution in [-0.2, 0) is 6.61 Å². The maximum absolute atomic E-state index is 6.06. The lowest BCUT2D eigenvalue weighted by molar-refractivity contribution is 0.306. The third-order valence-electron chi connectivity index (χ3n) is 2.29. The third kappa shape index (κ3) is 3.51. The lowest BCUT2D eigenvalue weighted by Crippen LogP contribution is -1.97. The van der Waals surface area contributed by atoms with Crippen LogP contribution in [0.1, 0.15) is 5.56 Å². The Kier molecular flexibility index (Phi) is 4.12. The van der Waals surface area contributed by atoms with Crippen molar-refractivity contribution in [2.45, 2.75) is 6.61 Å². The number of benzene rings is 2. The zero-order valence-electron chi connectivity index (χ0n) is 8.99. The normalized spacial score (nSPS) is 10.2. The summed E-state index contributed by atoms with van der Waals surface area (Å²) in [5.41, 5.74) is 7.22. The first-order chi connectivity index (χ1) is 8.15. The van der Waals surface area contributed by atoms with Crippen LogP contribution in [-0.4, -0.2) is 0 Å². The van der Waals surface area contributed by atoms with Gasteiger partial charge in [-0.05, 0) is 59.0 Å². The molecule has 0 heterocycles. The van der Waals surface area contributed by atoms with Gasteiger partial charge in [0.2, 0.25) is 0 Å². The van der Waals surface area contributed by atoms with Crippen molar-refractivity contribution in [2.75, 3.05) is 5.73 Å². The number of ether oxygens (including phenoxy) is 1. The third-order valence-corrected chi connectivity index (χ3v) is 3.36. The summed E-state index contributed by atoms with van der Waals surface area (Å²) in [6, 6.07) is 13.3. The number of hydrogen-bond donors (Lipinski definition) is 1. The molecular weight excluding hydrogens is 349 g/mol. The summed E-state index contributed by atoms with van der Waals surface area (Å²) in [7, 11) is 0. The van der Waals surface area contributed by atoms with Crippen molar-refractivity contribution < 1.29 is 4.74 Å². The number of nitrogen functional groups attached to an aromatic ring is 1. The van der Waals surface area contributed by atoms with Gasteiger partial charge < -0.3 is 10.5 Å². The largest absolute Gasteiger partial charge is 0.489 e. The van der Waals surface area contributed by atoms with E-state index in [1.807, 2.05) is 36.4 Å². The molecule has 0 aliphatic heterocycles. The van der Waals surface area contributed by atoms with Crippen LogP contribution in [0, 0.1) is 3.57 Å². The highest BCUT2D eigenvalue weighted by Crippen LogP contribution is 2.21. The molecule has 2 aromatic carbocycles. The Bertz CT molecular complexity index is 513. The van der Waals surface area contributed by atoms with Crippen LogP contribution in [0.2, 0.25) is 5.02 Å². The van der Waals surface area contributed by atoms with Gasteiger partial charge >= 0.3 is 0 Å². The predicted molar refractivity (Wildman–Crippen MR) is 79.4 cm³/mol. The number of nitrogens with two attached hydrogens (primary N) is 1. The van der Waals surface area contributed by atoms with Gasteiger partial charge in [0.25, 0.3) is 0 Å². The highest BCUT2D eigenvalue weighted by molar-refractivity contribution is 14.1. The Morgan fingerprint density at radius 1 is 1.12 bits per heavy atom. The van der Waals surface area contributed by atoms with Gasteiger partial charge in [-0.15, -0.1) is 0 Å². The molecule has 88 valence electrons. The highest BCUT2D eigenvalue weighted by Gasteiger charge is 2.02. The fraction of sp³-hybridized carbons (Fsp3) is 0.0769. The SMILES string of the molecule is Nc1ccc(COc2ccc(I)cc2)c(Cl)c1. The van der Waals surface area contributed by atoms with Crippen molar-refractivity contribution in [1.29, 1.82) is 0 Å². The van der Waals surface area contributed by atoms with Gasteiger partial charge in [-0.2, -0.15) is 0 Å².